The predicted molar refractivity (Wildman–Crippen MR) is 100 cm³/mol. The Morgan fingerprint density at radius 2 is 1.96 bits per heavy atom. The summed E-state index contributed by atoms with van der Waals surface area (Å²) in [5.74, 6) is 1.07. The predicted octanol–water partition coefficient (Wildman–Crippen LogP) is 2.66. The Balaban J connectivity index is 1.29. The highest BCUT2D eigenvalue weighted by Crippen LogP contribution is 2.27. The Morgan fingerprint density at radius 3 is 2.84 bits per heavy atom. The summed E-state index contributed by atoms with van der Waals surface area (Å²) >= 11 is 1.67. The van der Waals surface area contributed by atoms with Crippen LogP contribution in [0.2, 0.25) is 0 Å². The van der Waals surface area contributed by atoms with Gasteiger partial charge in [0.25, 0.3) is 0 Å². The molecule has 0 amide bonds. The van der Waals surface area contributed by atoms with E-state index in [0.29, 0.717) is 0 Å². The molecule has 126 valence electrons. The van der Waals surface area contributed by atoms with Crippen LogP contribution >= 0.6 is 11.3 Å². The number of piperazine rings is 1. The molecule has 0 radical (unpaired) electrons. The molecule has 5 heterocycles. The number of hydrogen-bond acceptors (Lipinski definition) is 6. The first kappa shape index (κ1) is 14.8. The van der Waals surface area contributed by atoms with E-state index >= 15 is 0 Å². The number of aromatic nitrogens is 4. The standard InChI is InChI=1S/C18H18N6S/c1-2-5-24-12-14(21-16(24)3-1)11-22-6-8-23(9-7-22)17-15-4-10-25-18(15)20-13-19-17/h1-5,10,12-13H,6-9,11H2. The topological polar surface area (TPSA) is 49.6 Å². The fourth-order valence-corrected chi connectivity index (χ4v) is 4.17. The number of thiophene rings is 1. The molecule has 7 heteroatoms. The number of anilines is 1. The van der Waals surface area contributed by atoms with Gasteiger partial charge in [-0.15, -0.1) is 11.3 Å². The van der Waals surface area contributed by atoms with E-state index in [2.05, 4.69) is 41.8 Å². The lowest BCUT2D eigenvalue weighted by Gasteiger charge is -2.35. The monoisotopic (exact) mass is 350 g/mol. The number of rotatable bonds is 3. The smallest absolute Gasteiger partial charge is 0.140 e. The van der Waals surface area contributed by atoms with Crippen molar-refractivity contribution in [2.45, 2.75) is 6.54 Å². The second kappa shape index (κ2) is 6.09. The number of fused-ring (bicyclic) bond motifs is 2. The Kier molecular flexibility index (Phi) is 3.61. The normalized spacial score (nSPS) is 16.1. The van der Waals surface area contributed by atoms with E-state index in [1.807, 2.05) is 24.4 Å². The van der Waals surface area contributed by atoms with E-state index in [4.69, 9.17) is 4.98 Å². The highest BCUT2D eigenvalue weighted by Gasteiger charge is 2.20. The molecule has 0 saturated carbocycles. The number of hydrogen-bond donors (Lipinski definition) is 0. The van der Waals surface area contributed by atoms with Crippen molar-refractivity contribution in [3.05, 3.63) is 54.1 Å². The quantitative estimate of drug-likeness (QED) is 0.569. The van der Waals surface area contributed by atoms with Crippen LogP contribution in [0.5, 0.6) is 0 Å². The minimum absolute atomic E-state index is 0.896. The van der Waals surface area contributed by atoms with Crippen molar-refractivity contribution in [2.75, 3.05) is 31.1 Å². The van der Waals surface area contributed by atoms with Gasteiger partial charge in [0, 0.05) is 45.1 Å². The zero-order chi connectivity index (χ0) is 16.6. The summed E-state index contributed by atoms with van der Waals surface area (Å²) < 4.78 is 2.08. The molecule has 0 aliphatic carbocycles. The summed E-state index contributed by atoms with van der Waals surface area (Å²) in [6.07, 6.45) is 5.85. The molecule has 1 aliphatic heterocycles. The van der Waals surface area contributed by atoms with Gasteiger partial charge in [-0.1, -0.05) is 6.07 Å². The lowest BCUT2D eigenvalue weighted by molar-refractivity contribution is 0.247. The lowest BCUT2D eigenvalue weighted by Crippen LogP contribution is -2.46. The van der Waals surface area contributed by atoms with E-state index in [-0.39, 0.29) is 0 Å². The summed E-state index contributed by atoms with van der Waals surface area (Å²) in [5.41, 5.74) is 2.14. The second-order valence-electron chi connectivity index (χ2n) is 6.30. The fraction of sp³-hybridized carbons (Fsp3) is 0.278. The molecule has 1 aliphatic rings. The van der Waals surface area contributed by atoms with Crippen LogP contribution in [0.1, 0.15) is 5.69 Å². The maximum atomic E-state index is 4.71. The fourth-order valence-electron chi connectivity index (χ4n) is 3.44. The molecule has 1 fully saturated rings. The third kappa shape index (κ3) is 2.75. The van der Waals surface area contributed by atoms with Crippen LogP contribution in [0.25, 0.3) is 15.9 Å². The van der Waals surface area contributed by atoms with Gasteiger partial charge in [-0.25, -0.2) is 15.0 Å². The van der Waals surface area contributed by atoms with Crippen molar-refractivity contribution < 1.29 is 0 Å². The van der Waals surface area contributed by atoms with Crippen molar-refractivity contribution >= 4 is 33.0 Å². The van der Waals surface area contributed by atoms with Gasteiger partial charge in [-0.3, -0.25) is 4.90 Å². The van der Waals surface area contributed by atoms with Crippen molar-refractivity contribution in [1.29, 1.82) is 0 Å². The van der Waals surface area contributed by atoms with Gasteiger partial charge in [0.15, 0.2) is 0 Å². The molecular weight excluding hydrogens is 332 g/mol. The largest absolute Gasteiger partial charge is 0.353 e. The Labute approximate surface area is 149 Å². The number of imidazole rings is 1. The molecule has 0 unspecified atom stereocenters. The number of nitrogens with zero attached hydrogens (tertiary/aromatic N) is 6. The van der Waals surface area contributed by atoms with Crippen LogP contribution in [0.3, 0.4) is 0 Å². The molecule has 5 rings (SSSR count). The van der Waals surface area contributed by atoms with Crippen LogP contribution in [0.15, 0.2) is 48.4 Å². The first-order valence-electron chi connectivity index (χ1n) is 8.45. The molecule has 0 spiro atoms. The van der Waals surface area contributed by atoms with Gasteiger partial charge in [-0.05, 0) is 23.6 Å². The second-order valence-corrected chi connectivity index (χ2v) is 7.19. The van der Waals surface area contributed by atoms with Gasteiger partial charge in [-0.2, -0.15) is 0 Å². The summed E-state index contributed by atoms with van der Waals surface area (Å²) in [6.45, 7) is 4.89. The van der Waals surface area contributed by atoms with Crippen molar-refractivity contribution in [2.24, 2.45) is 0 Å². The third-order valence-corrected chi connectivity index (χ3v) is 5.53. The molecule has 0 bridgehead atoms. The SMILES string of the molecule is c1ccn2cc(CN3CCN(c4ncnc5sccc45)CC3)nc2c1. The molecule has 0 atom stereocenters. The van der Waals surface area contributed by atoms with Gasteiger partial charge in [0.1, 0.15) is 22.6 Å². The Bertz CT molecular complexity index is 981. The molecule has 6 nitrogen and oxygen atoms in total. The zero-order valence-electron chi connectivity index (χ0n) is 13.7. The first-order valence-corrected chi connectivity index (χ1v) is 9.33. The van der Waals surface area contributed by atoms with Gasteiger partial charge in [0.05, 0.1) is 11.1 Å². The molecule has 4 aromatic heterocycles. The summed E-state index contributed by atoms with van der Waals surface area (Å²) in [6, 6.07) is 8.23. The zero-order valence-corrected chi connectivity index (χ0v) is 14.6. The van der Waals surface area contributed by atoms with E-state index < -0.39 is 0 Å². The summed E-state index contributed by atoms with van der Waals surface area (Å²) in [4.78, 5) is 19.5. The molecule has 0 N–H and O–H groups in total. The molecular formula is C18H18N6S. The summed E-state index contributed by atoms with van der Waals surface area (Å²) in [5, 5.41) is 3.25. The average molecular weight is 350 g/mol. The van der Waals surface area contributed by atoms with E-state index in [0.717, 1.165) is 54.7 Å². The maximum absolute atomic E-state index is 4.71. The van der Waals surface area contributed by atoms with Crippen LogP contribution < -0.4 is 4.90 Å². The van der Waals surface area contributed by atoms with Crippen LogP contribution in [-0.4, -0.2) is 50.4 Å². The van der Waals surface area contributed by atoms with Crippen LogP contribution in [0, 0.1) is 0 Å². The highest BCUT2D eigenvalue weighted by atomic mass is 32.1. The minimum atomic E-state index is 0.896. The van der Waals surface area contributed by atoms with Crippen molar-refractivity contribution in [3.63, 3.8) is 0 Å². The van der Waals surface area contributed by atoms with Crippen LogP contribution in [0.4, 0.5) is 5.82 Å². The third-order valence-electron chi connectivity index (χ3n) is 4.71. The maximum Gasteiger partial charge on any atom is 0.140 e. The summed E-state index contributed by atoms with van der Waals surface area (Å²) in [7, 11) is 0. The minimum Gasteiger partial charge on any atom is -0.353 e. The van der Waals surface area contributed by atoms with Crippen LogP contribution in [-0.2, 0) is 6.54 Å². The van der Waals surface area contributed by atoms with Gasteiger partial charge in [0.2, 0.25) is 0 Å². The van der Waals surface area contributed by atoms with E-state index in [1.54, 1.807) is 17.7 Å². The Hall–Kier alpha value is -2.51. The highest BCUT2D eigenvalue weighted by molar-refractivity contribution is 7.16. The van der Waals surface area contributed by atoms with Gasteiger partial charge >= 0.3 is 0 Å². The van der Waals surface area contributed by atoms with Crippen molar-refractivity contribution in [3.8, 4) is 0 Å². The van der Waals surface area contributed by atoms with Crippen molar-refractivity contribution in [1.82, 2.24) is 24.3 Å². The number of pyridine rings is 1. The van der Waals surface area contributed by atoms with Gasteiger partial charge < -0.3 is 9.30 Å². The molecule has 1 saturated heterocycles. The first-order chi connectivity index (χ1) is 12.4. The molecule has 4 aromatic rings. The molecule has 0 aromatic carbocycles. The van der Waals surface area contributed by atoms with E-state index in [9.17, 15) is 0 Å². The lowest BCUT2D eigenvalue weighted by atomic mass is 10.2. The average Bonchev–Trinajstić information content (AvgIpc) is 3.28. The Morgan fingerprint density at radius 1 is 1.04 bits per heavy atom. The van der Waals surface area contributed by atoms with E-state index in [1.165, 1.54) is 5.39 Å². The molecule has 25 heavy (non-hydrogen) atoms.